The molecule has 8 heteroatoms. The molecule has 1 aliphatic carbocycles. The van der Waals surface area contributed by atoms with Crippen LogP contribution in [0.3, 0.4) is 0 Å². The molecule has 158 valence electrons. The van der Waals surface area contributed by atoms with E-state index in [-0.39, 0.29) is 5.91 Å². The van der Waals surface area contributed by atoms with Crippen molar-refractivity contribution >= 4 is 55.4 Å². The predicted molar refractivity (Wildman–Crippen MR) is 125 cm³/mol. The van der Waals surface area contributed by atoms with Crippen molar-refractivity contribution in [2.75, 3.05) is 11.1 Å². The Kier molecular flexibility index (Phi) is 5.79. The smallest absolute Gasteiger partial charge is 0.268 e. The minimum absolute atomic E-state index is 0.320. The van der Waals surface area contributed by atoms with E-state index in [1.54, 1.807) is 0 Å². The number of nitrogens with two attached hydrogens (primary N) is 2. The molecule has 1 aliphatic rings. The average molecular weight is 443 g/mol. The van der Waals surface area contributed by atoms with Gasteiger partial charge in [-0.15, -0.1) is 22.7 Å². The fraction of sp³-hybridized carbons (Fsp3) is 0.409. The lowest BCUT2D eigenvalue weighted by Crippen LogP contribution is -2.19. The third kappa shape index (κ3) is 3.81. The van der Waals surface area contributed by atoms with E-state index < -0.39 is 5.91 Å². The summed E-state index contributed by atoms with van der Waals surface area (Å²) in [4.78, 5) is 32.2. The molecule has 0 fully saturated rings. The highest BCUT2D eigenvalue weighted by Crippen LogP contribution is 2.40. The van der Waals surface area contributed by atoms with E-state index in [0.29, 0.717) is 27.0 Å². The van der Waals surface area contributed by atoms with Gasteiger partial charge in [0.2, 0.25) is 0 Å². The van der Waals surface area contributed by atoms with E-state index in [1.807, 2.05) is 12.1 Å². The molecule has 1 unspecified atom stereocenters. The largest absolute Gasteiger partial charge is 0.397 e. The summed E-state index contributed by atoms with van der Waals surface area (Å²) >= 11 is 2.75. The summed E-state index contributed by atoms with van der Waals surface area (Å²) in [6, 6.07) is 3.92. The normalized spacial score (nSPS) is 15.9. The number of fused-ring (bicyclic) bond motifs is 2. The van der Waals surface area contributed by atoms with Gasteiger partial charge in [0.25, 0.3) is 11.8 Å². The van der Waals surface area contributed by atoms with Crippen molar-refractivity contribution in [2.24, 2.45) is 11.7 Å². The van der Waals surface area contributed by atoms with Gasteiger partial charge in [0.1, 0.15) is 14.7 Å². The summed E-state index contributed by atoms with van der Waals surface area (Å²) in [6.45, 7) is 4.35. The maximum Gasteiger partial charge on any atom is 0.268 e. The van der Waals surface area contributed by atoms with Crippen LogP contribution in [0.2, 0.25) is 0 Å². The van der Waals surface area contributed by atoms with Crippen molar-refractivity contribution in [2.45, 2.75) is 52.4 Å². The lowest BCUT2D eigenvalue weighted by atomic mass is 9.88. The highest BCUT2D eigenvalue weighted by atomic mass is 32.1. The molecular formula is C22H26N4O2S2. The first-order chi connectivity index (χ1) is 14.4. The zero-order chi connectivity index (χ0) is 21.4. The van der Waals surface area contributed by atoms with Crippen molar-refractivity contribution in [3.05, 3.63) is 38.7 Å². The molecule has 0 aromatic carbocycles. The van der Waals surface area contributed by atoms with Crippen molar-refractivity contribution in [3.63, 3.8) is 0 Å². The van der Waals surface area contributed by atoms with Crippen LogP contribution in [-0.4, -0.2) is 16.8 Å². The molecular weight excluding hydrogens is 416 g/mol. The summed E-state index contributed by atoms with van der Waals surface area (Å²) in [7, 11) is 0. The Balaban J connectivity index is 1.65. The lowest BCUT2D eigenvalue weighted by Gasteiger charge is -2.18. The number of rotatable bonds is 6. The predicted octanol–water partition coefficient (Wildman–Crippen LogP) is 4.76. The summed E-state index contributed by atoms with van der Waals surface area (Å²) < 4.78 is 0. The Bertz CT molecular complexity index is 1130. The monoisotopic (exact) mass is 442 g/mol. The van der Waals surface area contributed by atoms with Gasteiger partial charge in [0, 0.05) is 16.0 Å². The minimum atomic E-state index is -0.496. The maximum absolute atomic E-state index is 13.1. The molecule has 0 spiro atoms. The number of pyridine rings is 1. The molecule has 3 heterocycles. The van der Waals surface area contributed by atoms with Gasteiger partial charge in [-0.3, -0.25) is 9.59 Å². The van der Waals surface area contributed by atoms with Crippen molar-refractivity contribution < 1.29 is 9.59 Å². The first-order valence-corrected chi connectivity index (χ1v) is 12.0. The number of anilines is 2. The molecule has 0 bridgehead atoms. The van der Waals surface area contributed by atoms with Crippen molar-refractivity contribution in [3.8, 4) is 0 Å². The topological polar surface area (TPSA) is 111 Å². The number of hydrogen-bond acceptors (Lipinski definition) is 6. The van der Waals surface area contributed by atoms with Crippen LogP contribution in [0.25, 0.3) is 10.2 Å². The van der Waals surface area contributed by atoms with Gasteiger partial charge in [-0.05, 0) is 55.7 Å². The quantitative estimate of drug-likeness (QED) is 0.511. The summed E-state index contributed by atoms with van der Waals surface area (Å²) in [5, 5.41) is 4.23. The molecule has 30 heavy (non-hydrogen) atoms. The van der Waals surface area contributed by atoms with Gasteiger partial charge >= 0.3 is 0 Å². The Morgan fingerprint density at radius 3 is 2.83 bits per heavy atom. The molecule has 0 saturated heterocycles. The second-order valence-corrected chi connectivity index (χ2v) is 10.1. The number of unbranched alkanes of at least 4 members (excludes halogenated alkanes) is 1. The SMILES string of the molecule is CCCCc1ccc2c(N)c(C(=O)Nc3sc4c(c3C(N)=O)CCC(C)C4)sc2n1. The molecule has 6 nitrogen and oxygen atoms in total. The number of aryl methyl sites for hydroxylation is 1. The molecule has 1 atom stereocenters. The second-order valence-electron chi connectivity index (χ2n) is 7.98. The van der Waals surface area contributed by atoms with Crippen LogP contribution in [0.15, 0.2) is 12.1 Å². The van der Waals surface area contributed by atoms with Gasteiger partial charge in [-0.1, -0.05) is 20.3 Å². The summed E-state index contributed by atoms with van der Waals surface area (Å²) in [6.07, 6.45) is 5.83. The number of nitrogen functional groups attached to an aromatic ring is 1. The highest BCUT2D eigenvalue weighted by molar-refractivity contribution is 7.21. The van der Waals surface area contributed by atoms with E-state index in [0.717, 1.165) is 64.9 Å². The number of carbonyl (C=O) groups excluding carboxylic acids is 2. The number of carbonyl (C=O) groups is 2. The van der Waals surface area contributed by atoms with Gasteiger partial charge in [0.15, 0.2) is 0 Å². The van der Waals surface area contributed by atoms with E-state index in [9.17, 15) is 9.59 Å². The molecule has 5 N–H and O–H groups in total. The molecule has 0 radical (unpaired) electrons. The van der Waals surface area contributed by atoms with Crippen LogP contribution < -0.4 is 16.8 Å². The number of nitrogens with zero attached hydrogens (tertiary/aromatic N) is 1. The number of nitrogens with one attached hydrogen (secondary N) is 1. The molecule has 2 amide bonds. The van der Waals surface area contributed by atoms with E-state index in [1.165, 1.54) is 22.7 Å². The first-order valence-electron chi connectivity index (χ1n) is 10.3. The van der Waals surface area contributed by atoms with Crippen LogP contribution in [-0.2, 0) is 19.3 Å². The van der Waals surface area contributed by atoms with Crippen molar-refractivity contribution in [1.82, 2.24) is 4.98 Å². The van der Waals surface area contributed by atoms with E-state index in [2.05, 4.69) is 24.1 Å². The number of amides is 2. The van der Waals surface area contributed by atoms with Crippen LogP contribution in [0, 0.1) is 5.92 Å². The fourth-order valence-corrected chi connectivity index (χ4v) is 6.38. The van der Waals surface area contributed by atoms with Crippen LogP contribution in [0.1, 0.15) is 69.3 Å². The zero-order valence-electron chi connectivity index (χ0n) is 17.2. The third-order valence-corrected chi connectivity index (χ3v) is 7.91. The molecule has 4 rings (SSSR count). The number of aromatic nitrogens is 1. The van der Waals surface area contributed by atoms with Crippen LogP contribution in [0.5, 0.6) is 0 Å². The summed E-state index contributed by atoms with van der Waals surface area (Å²) in [5.41, 5.74) is 14.8. The Morgan fingerprint density at radius 2 is 2.10 bits per heavy atom. The third-order valence-electron chi connectivity index (χ3n) is 5.63. The molecule has 3 aromatic rings. The Morgan fingerprint density at radius 1 is 1.30 bits per heavy atom. The van der Waals surface area contributed by atoms with Gasteiger partial charge in [-0.2, -0.15) is 0 Å². The van der Waals surface area contributed by atoms with E-state index >= 15 is 0 Å². The minimum Gasteiger partial charge on any atom is -0.397 e. The Hall–Kier alpha value is -2.45. The van der Waals surface area contributed by atoms with Gasteiger partial charge < -0.3 is 16.8 Å². The van der Waals surface area contributed by atoms with Gasteiger partial charge in [0.05, 0.1) is 11.3 Å². The Labute approximate surface area is 183 Å². The summed E-state index contributed by atoms with van der Waals surface area (Å²) in [5.74, 6) is -0.254. The zero-order valence-corrected chi connectivity index (χ0v) is 18.8. The molecule has 0 saturated carbocycles. The average Bonchev–Trinajstić information content (AvgIpc) is 3.23. The van der Waals surface area contributed by atoms with Crippen LogP contribution >= 0.6 is 22.7 Å². The standard InChI is InChI=1S/C22H26N4O2S2/c1-3-4-5-12-7-9-14-17(23)18(30-21(14)25-12)20(28)26-22-16(19(24)27)13-8-6-11(2)10-15(13)29-22/h7,9,11H,3-6,8,10,23H2,1-2H3,(H2,24,27)(H,26,28). The number of hydrogen-bond donors (Lipinski definition) is 3. The second kappa shape index (κ2) is 8.35. The maximum atomic E-state index is 13.1. The lowest BCUT2D eigenvalue weighted by molar-refractivity contribution is 0.1000. The highest BCUT2D eigenvalue weighted by Gasteiger charge is 2.28. The molecule has 3 aromatic heterocycles. The van der Waals surface area contributed by atoms with E-state index in [4.69, 9.17) is 11.5 Å². The number of primary amides is 1. The van der Waals surface area contributed by atoms with Crippen molar-refractivity contribution in [1.29, 1.82) is 0 Å². The van der Waals surface area contributed by atoms with Crippen LogP contribution in [0.4, 0.5) is 10.7 Å². The fourth-order valence-electron chi connectivity index (χ4n) is 3.96. The first kappa shape index (κ1) is 20.8. The van der Waals surface area contributed by atoms with Gasteiger partial charge in [-0.25, -0.2) is 4.98 Å². The number of thiophene rings is 2. The molecule has 0 aliphatic heterocycles.